The molecule has 2 aromatic carbocycles. The smallest absolute Gasteiger partial charge is 0.234 e. The summed E-state index contributed by atoms with van der Waals surface area (Å²) in [6.07, 6.45) is 0. The number of amides is 1. The number of thioether (sulfide) groups is 1. The van der Waals surface area contributed by atoms with Crippen LogP contribution in [0.25, 0.3) is 0 Å². The summed E-state index contributed by atoms with van der Waals surface area (Å²) >= 11 is 14.2. The largest absolute Gasteiger partial charge is 0.328 e. The van der Waals surface area contributed by atoms with E-state index >= 15 is 0 Å². The first kappa shape index (κ1) is 18.9. The van der Waals surface area contributed by atoms with E-state index in [4.69, 9.17) is 23.2 Å². The SMILES string of the molecule is O=C(CSc1nnc(Nc2ccccc2F)s1)Nc1ccc(Cl)c(Cl)c1. The van der Waals surface area contributed by atoms with E-state index in [0.717, 1.165) is 0 Å². The van der Waals surface area contributed by atoms with E-state index < -0.39 is 0 Å². The van der Waals surface area contributed by atoms with Crippen molar-refractivity contribution in [3.8, 4) is 0 Å². The molecule has 3 rings (SSSR count). The van der Waals surface area contributed by atoms with Crippen LogP contribution in [0.3, 0.4) is 0 Å². The molecule has 3 aromatic rings. The van der Waals surface area contributed by atoms with Gasteiger partial charge in [-0.15, -0.1) is 10.2 Å². The lowest BCUT2D eigenvalue weighted by molar-refractivity contribution is -0.113. The Hall–Kier alpha value is -1.87. The van der Waals surface area contributed by atoms with Crippen LogP contribution in [-0.2, 0) is 4.79 Å². The van der Waals surface area contributed by atoms with Crippen LogP contribution in [0.1, 0.15) is 0 Å². The highest BCUT2D eigenvalue weighted by Crippen LogP contribution is 2.29. The van der Waals surface area contributed by atoms with Crippen molar-refractivity contribution in [2.75, 3.05) is 16.4 Å². The molecule has 0 spiro atoms. The van der Waals surface area contributed by atoms with Crippen LogP contribution in [0, 0.1) is 5.82 Å². The minimum atomic E-state index is -0.377. The Morgan fingerprint density at radius 3 is 2.73 bits per heavy atom. The first-order valence-electron chi connectivity index (χ1n) is 7.24. The van der Waals surface area contributed by atoms with Crippen molar-refractivity contribution in [2.24, 2.45) is 0 Å². The molecule has 0 fully saturated rings. The number of aromatic nitrogens is 2. The molecule has 0 saturated heterocycles. The number of rotatable bonds is 6. The third kappa shape index (κ3) is 5.07. The summed E-state index contributed by atoms with van der Waals surface area (Å²) < 4.78 is 14.2. The number of carbonyl (C=O) groups is 1. The monoisotopic (exact) mass is 428 g/mol. The maximum Gasteiger partial charge on any atom is 0.234 e. The van der Waals surface area contributed by atoms with Crippen LogP contribution >= 0.6 is 46.3 Å². The molecule has 10 heteroatoms. The Morgan fingerprint density at radius 2 is 1.96 bits per heavy atom. The molecule has 5 nitrogen and oxygen atoms in total. The van der Waals surface area contributed by atoms with Crippen molar-refractivity contribution in [1.29, 1.82) is 0 Å². The number of halogens is 3. The van der Waals surface area contributed by atoms with Crippen LogP contribution in [0.2, 0.25) is 10.0 Å². The Balaban J connectivity index is 1.53. The standard InChI is InChI=1S/C16H11Cl2FN4OS2/c17-10-6-5-9(7-11(10)18)20-14(24)8-25-16-23-22-15(26-16)21-13-4-2-1-3-12(13)19/h1-7H,8H2,(H,20,24)(H,21,22). The van der Waals surface area contributed by atoms with Gasteiger partial charge in [-0.3, -0.25) is 4.79 Å². The average molecular weight is 429 g/mol. The highest BCUT2D eigenvalue weighted by atomic mass is 35.5. The first-order chi connectivity index (χ1) is 12.5. The lowest BCUT2D eigenvalue weighted by Crippen LogP contribution is -2.13. The van der Waals surface area contributed by atoms with Crippen LogP contribution < -0.4 is 10.6 Å². The van der Waals surface area contributed by atoms with Crippen LogP contribution in [-0.4, -0.2) is 21.9 Å². The quantitative estimate of drug-likeness (QED) is 0.510. The van der Waals surface area contributed by atoms with Gasteiger partial charge in [-0.25, -0.2) is 4.39 Å². The maximum absolute atomic E-state index is 13.6. The molecule has 134 valence electrons. The fourth-order valence-corrected chi connectivity index (χ4v) is 3.76. The van der Waals surface area contributed by atoms with Gasteiger partial charge in [-0.2, -0.15) is 0 Å². The van der Waals surface area contributed by atoms with Gasteiger partial charge in [0.1, 0.15) is 5.82 Å². The van der Waals surface area contributed by atoms with Gasteiger partial charge >= 0.3 is 0 Å². The molecule has 0 atom stereocenters. The number of para-hydroxylation sites is 1. The van der Waals surface area contributed by atoms with Gasteiger partial charge in [0.2, 0.25) is 11.0 Å². The highest BCUT2D eigenvalue weighted by molar-refractivity contribution is 8.01. The van der Waals surface area contributed by atoms with Gasteiger partial charge in [0.05, 0.1) is 21.5 Å². The van der Waals surface area contributed by atoms with Crippen molar-refractivity contribution < 1.29 is 9.18 Å². The molecule has 26 heavy (non-hydrogen) atoms. The van der Waals surface area contributed by atoms with Crippen molar-refractivity contribution in [3.05, 3.63) is 58.3 Å². The Kier molecular flexibility index (Phi) is 6.31. The van der Waals surface area contributed by atoms with Gasteiger partial charge < -0.3 is 10.6 Å². The molecule has 0 saturated carbocycles. The summed E-state index contributed by atoms with van der Waals surface area (Å²) in [6, 6.07) is 11.1. The number of hydrogen-bond donors (Lipinski definition) is 2. The van der Waals surface area contributed by atoms with Crippen LogP contribution in [0.15, 0.2) is 46.8 Å². The molecule has 0 unspecified atom stereocenters. The topological polar surface area (TPSA) is 66.9 Å². The van der Waals surface area contributed by atoms with Crippen molar-refractivity contribution >= 4 is 68.7 Å². The molecule has 1 aromatic heterocycles. The second-order valence-electron chi connectivity index (χ2n) is 4.94. The number of hydrogen-bond acceptors (Lipinski definition) is 6. The van der Waals surface area contributed by atoms with Crippen molar-refractivity contribution in [2.45, 2.75) is 4.34 Å². The Morgan fingerprint density at radius 1 is 1.15 bits per heavy atom. The second kappa shape index (κ2) is 8.68. The van der Waals surface area contributed by atoms with E-state index in [9.17, 15) is 9.18 Å². The fraction of sp³-hybridized carbons (Fsp3) is 0.0625. The fourth-order valence-electron chi connectivity index (χ4n) is 1.89. The van der Waals surface area contributed by atoms with E-state index in [1.807, 2.05) is 0 Å². The molecule has 0 aliphatic carbocycles. The molecule has 0 aliphatic heterocycles. The minimum Gasteiger partial charge on any atom is -0.328 e. The van der Waals surface area contributed by atoms with E-state index in [-0.39, 0.29) is 17.5 Å². The van der Waals surface area contributed by atoms with Gasteiger partial charge in [0.15, 0.2) is 4.34 Å². The third-order valence-electron chi connectivity index (χ3n) is 3.05. The van der Waals surface area contributed by atoms with Crippen molar-refractivity contribution in [1.82, 2.24) is 10.2 Å². The normalized spacial score (nSPS) is 10.6. The Bertz CT molecular complexity index is 938. The van der Waals surface area contributed by atoms with E-state index in [1.54, 1.807) is 36.4 Å². The van der Waals surface area contributed by atoms with Gasteiger partial charge in [-0.05, 0) is 30.3 Å². The average Bonchev–Trinajstić information content (AvgIpc) is 3.06. The molecule has 1 heterocycles. The van der Waals surface area contributed by atoms with Crippen LogP contribution in [0.5, 0.6) is 0 Å². The summed E-state index contributed by atoms with van der Waals surface area (Å²) in [5.41, 5.74) is 0.877. The second-order valence-corrected chi connectivity index (χ2v) is 7.96. The summed E-state index contributed by atoms with van der Waals surface area (Å²) in [4.78, 5) is 12.0. The molecule has 2 N–H and O–H groups in total. The molecule has 1 amide bonds. The van der Waals surface area contributed by atoms with Crippen molar-refractivity contribution in [3.63, 3.8) is 0 Å². The predicted molar refractivity (Wildman–Crippen MR) is 105 cm³/mol. The van der Waals surface area contributed by atoms with E-state index in [2.05, 4.69) is 20.8 Å². The molecule has 0 aliphatic rings. The van der Waals surface area contributed by atoms with E-state index in [0.29, 0.717) is 30.9 Å². The first-order valence-corrected chi connectivity index (χ1v) is 9.80. The summed E-state index contributed by atoms with van der Waals surface area (Å²) in [5, 5.41) is 14.7. The Labute approximate surface area is 166 Å². The number of nitrogens with zero attached hydrogens (tertiary/aromatic N) is 2. The lowest BCUT2D eigenvalue weighted by atomic mass is 10.3. The van der Waals surface area contributed by atoms with E-state index in [1.165, 1.54) is 29.2 Å². The molecular formula is C16H11Cl2FN4OS2. The van der Waals surface area contributed by atoms with Gasteiger partial charge in [0.25, 0.3) is 0 Å². The molecular weight excluding hydrogens is 418 g/mol. The summed E-state index contributed by atoms with van der Waals surface area (Å²) in [7, 11) is 0. The van der Waals surface area contributed by atoms with Gasteiger partial charge in [0, 0.05) is 5.69 Å². The van der Waals surface area contributed by atoms with Crippen LogP contribution in [0.4, 0.5) is 20.9 Å². The van der Waals surface area contributed by atoms with Gasteiger partial charge in [-0.1, -0.05) is 58.4 Å². The molecule has 0 bridgehead atoms. The number of nitrogens with one attached hydrogen (secondary N) is 2. The predicted octanol–water partition coefficient (Wildman–Crippen LogP) is 5.46. The number of carbonyl (C=O) groups excluding carboxylic acids is 1. The number of benzene rings is 2. The zero-order valence-electron chi connectivity index (χ0n) is 13.0. The number of anilines is 3. The summed E-state index contributed by atoms with van der Waals surface area (Å²) in [6.45, 7) is 0. The lowest BCUT2D eigenvalue weighted by Gasteiger charge is -2.05. The highest BCUT2D eigenvalue weighted by Gasteiger charge is 2.10. The zero-order valence-corrected chi connectivity index (χ0v) is 16.1. The minimum absolute atomic E-state index is 0.147. The molecule has 0 radical (unpaired) electrons. The zero-order chi connectivity index (χ0) is 18.5. The maximum atomic E-state index is 13.6. The summed E-state index contributed by atoms with van der Waals surface area (Å²) in [5.74, 6) is -0.445. The third-order valence-corrected chi connectivity index (χ3v) is 5.76.